The van der Waals surface area contributed by atoms with E-state index in [4.69, 9.17) is 4.74 Å². The molecule has 0 aliphatic rings. The first-order chi connectivity index (χ1) is 8.13. The van der Waals surface area contributed by atoms with Gasteiger partial charge in [0.25, 0.3) is 0 Å². The Kier molecular flexibility index (Phi) is 2.78. The minimum atomic E-state index is -0.694. The maximum atomic E-state index is 11.3. The van der Waals surface area contributed by atoms with Crippen molar-refractivity contribution in [2.75, 3.05) is 7.11 Å². The number of carbonyl (C=O) groups is 1. The molecule has 0 spiro atoms. The number of carbonyl (C=O) groups excluding carboxylic acids is 1. The van der Waals surface area contributed by atoms with Crippen LogP contribution in [0.2, 0.25) is 0 Å². The lowest BCUT2D eigenvalue weighted by Gasteiger charge is -1.97. The molecule has 6 heteroatoms. The van der Waals surface area contributed by atoms with E-state index in [2.05, 4.69) is 9.79 Å². The van der Waals surface area contributed by atoms with Gasteiger partial charge in [-0.15, -0.1) is 0 Å². The van der Waals surface area contributed by atoms with Gasteiger partial charge >= 0.3 is 11.3 Å². The first-order valence-corrected chi connectivity index (χ1v) is 4.92. The molecule has 88 valence electrons. The average molecular weight is 235 g/mol. The molecule has 1 N–H and O–H groups in total. The molecular formula is C11H11N2O4+. The summed E-state index contributed by atoms with van der Waals surface area (Å²) in [7, 11) is 1.54. The molecule has 1 heterocycles. The second-order valence-electron chi connectivity index (χ2n) is 3.42. The number of hydrogen-bond donors (Lipinski definition) is 1. The van der Waals surface area contributed by atoms with E-state index in [0.717, 1.165) is 0 Å². The Morgan fingerprint density at radius 1 is 1.47 bits per heavy atom. The Morgan fingerprint density at radius 3 is 2.88 bits per heavy atom. The highest BCUT2D eigenvalue weighted by Crippen LogP contribution is 2.12. The standard InChI is InChI=1S/C11H10N2O4/c1-7(14)10-11(15)17-12-13(10)8-4-3-5-9(6-8)16-2/h3-6H,1-2H3/p+1. The molecule has 0 aliphatic heterocycles. The summed E-state index contributed by atoms with van der Waals surface area (Å²) < 4.78 is 11.0. The van der Waals surface area contributed by atoms with Crippen molar-refractivity contribution in [2.24, 2.45) is 0 Å². The van der Waals surface area contributed by atoms with Crippen LogP contribution in [0.25, 0.3) is 5.69 Å². The Morgan fingerprint density at radius 2 is 2.24 bits per heavy atom. The molecule has 0 unspecified atom stereocenters. The first kappa shape index (κ1) is 11.1. The second kappa shape index (κ2) is 4.25. The molecule has 2 rings (SSSR count). The third kappa shape index (κ3) is 1.96. The molecule has 2 aromatic rings. The molecule has 0 amide bonds. The Hall–Kier alpha value is -2.37. The number of nitrogens with one attached hydrogen (secondary N) is 1. The van der Waals surface area contributed by atoms with Crippen LogP contribution in [0.15, 0.2) is 33.6 Å². The van der Waals surface area contributed by atoms with Gasteiger partial charge in [-0.25, -0.2) is 4.79 Å². The quantitative estimate of drug-likeness (QED) is 0.619. The minimum absolute atomic E-state index is 0.0572. The highest BCUT2D eigenvalue weighted by atomic mass is 16.5. The van der Waals surface area contributed by atoms with Crippen LogP contribution in [0.4, 0.5) is 0 Å². The van der Waals surface area contributed by atoms with E-state index in [1.165, 1.54) is 18.7 Å². The number of ether oxygens (including phenoxy) is 1. The molecule has 0 atom stereocenters. The number of ketones is 1. The van der Waals surface area contributed by atoms with Crippen molar-refractivity contribution < 1.29 is 18.7 Å². The molecule has 0 saturated heterocycles. The second-order valence-corrected chi connectivity index (χ2v) is 3.42. The zero-order valence-electron chi connectivity index (χ0n) is 9.39. The van der Waals surface area contributed by atoms with Gasteiger partial charge in [0.2, 0.25) is 11.5 Å². The van der Waals surface area contributed by atoms with E-state index < -0.39 is 5.63 Å². The predicted molar refractivity (Wildman–Crippen MR) is 57.4 cm³/mol. The van der Waals surface area contributed by atoms with Crippen LogP contribution in [0.5, 0.6) is 5.75 Å². The predicted octanol–water partition coefficient (Wildman–Crippen LogP) is 0.456. The van der Waals surface area contributed by atoms with Crippen LogP contribution in [0.3, 0.4) is 0 Å². The summed E-state index contributed by atoms with van der Waals surface area (Å²) in [5.41, 5.74) is -0.168. The Bertz CT molecular complexity index is 612. The number of aromatic amines is 1. The van der Waals surface area contributed by atoms with Crippen LogP contribution >= 0.6 is 0 Å². The highest BCUT2D eigenvalue weighted by Gasteiger charge is 2.27. The number of nitrogens with zero attached hydrogens (tertiary/aromatic N) is 1. The molecule has 17 heavy (non-hydrogen) atoms. The summed E-state index contributed by atoms with van der Waals surface area (Å²) >= 11 is 0. The lowest BCUT2D eigenvalue weighted by molar-refractivity contribution is -0.672. The third-order valence-electron chi connectivity index (χ3n) is 2.29. The molecule has 6 nitrogen and oxygen atoms in total. The van der Waals surface area contributed by atoms with Crippen molar-refractivity contribution >= 4 is 5.78 Å². The van der Waals surface area contributed by atoms with E-state index in [0.29, 0.717) is 11.4 Å². The van der Waals surface area contributed by atoms with Gasteiger partial charge in [0.05, 0.1) is 13.2 Å². The maximum absolute atomic E-state index is 11.3. The number of hydrogen-bond acceptors (Lipinski definition) is 4. The number of rotatable bonds is 3. The van der Waals surface area contributed by atoms with Crippen molar-refractivity contribution in [2.45, 2.75) is 6.92 Å². The first-order valence-electron chi connectivity index (χ1n) is 4.92. The number of benzene rings is 1. The van der Waals surface area contributed by atoms with Crippen LogP contribution < -0.4 is 15.0 Å². The summed E-state index contributed by atoms with van der Waals surface area (Å²) in [5.74, 6) is 0.245. The summed E-state index contributed by atoms with van der Waals surface area (Å²) in [6.07, 6.45) is 0. The lowest BCUT2D eigenvalue weighted by atomic mass is 10.2. The van der Waals surface area contributed by atoms with Crippen molar-refractivity contribution in [3.63, 3.8) is 0 Å². The van der Waals surface area contributed by atoms with Crippen molar-refractivity contribution in [1.29, 1.82) is 0 Å². The lowest BCUT2D eigenvalue weighted by Crippen LogP contribution is -2.40. The van der Waals surface area contributed by atoms with Gasteiger partial charge in [-0.05, 0) is 16.0 Å². The van der Waals surface area contributed by atoms with E-state index in [9.17, 15) is 9.59 Å². The number of aromatic nitrogens is 2. The molecule has 1 aromatic heterocycles. The fraction of sp³-hybridized carbons (Fsp3) is 0.182. The Labute approximate surface area is 96.4 Å². The van der Waals surface area contributed by atoms with Gasteiger partial charge in [-0.1, -0.05) is 6.07 Å². The molecule has 0 radical (unpaired) electrons. The van der Waals surface area contributed by atoms with Gasteiger partial charge in [0.15, 0.2) is 0 Å². The monoisotopic (exact) mass is 235 g/mol. The number of Topliss-reactive ketones (excluding diaryl/α,β-unsaturated/α-hetero) is 1. The molecule has 0 saturated carbocycles. The SMILES string of the molecule is COc1cccc(-[n+]2[nH]oc(=O)c2C(C)=O)c1. The summed E-state index contributed by atoms with van der Waals surface area (Å²) in [5, 5.41) is 2.38. The summed E-state index contributed by atoms with van der Waals surface area (Å²) in [6, 6.07) is 6.91. The van der Waals surface area contributed by atoms with Crippen LogP contribution in [-0.4, -0.2) is 18.2 Å². The zero-order chi connectivity index (χ0) is 12.4. The van der Waals surface area contributed by atoms with E-state index in [1.807, 2.05) is 0 Å². The van der Waals surface area contributed by atoms with Gasteiger partial charge in [0, 0.05) is 13.0 Å². The average Bonchev–Trinajstić information content (AvgIpc) is 2.71. The Balaban J connectivity index is 2.60. The van der Waals surface area contributed by atoms with E-state index >= 15 is 0 Å². The van der Waals surface area contributed by atoms with E-state index in [-0.39, 0.29) is 11.5 Å². The summed E-state index contributed by atoms with van der Waals surface area (Å²) in [6.45, 7) is 1.30. The number of H-pyrrole nitrogens is 1. The highest BCUT2D eigenvalue weighted by molar-refractivity contribution is 5.90. The van der Waals surface area contributed by atoms with Gasteiger partial charge < -0.3 is 4.74 Å². The van der Waals surface area contributed by atoms with Crippen LogP contribution in [0, 0.1) is 0 Å². The fourth-order valence-corrected chi connectivity index (χ4v) is 1.50. The fourth-order valence-electron chi connectivity index (χ4n) is 1.50. The normalized spacial score (nSPS) is 10.2. The van der Waals surface area contributed by atoms with Gasteiger partial charge in [0.1, 0.15) is 5.75 Å². The smallest absolute Gasteiger partial charge is 0.438 e. The largest absolute Gasteiger partial charge is 0.497 e. The topological polar surface area (TPSA) is 76.2 Å². The van der Waals surface area contributed by atoms with Gasteiger partial charge in [-0.2, -0.15) is 0 Å². The van der Waals surface area contributed by atoms with Gasteiger partial charge in [-0.3, -0.25) is 9.32 Å². The molecule has 1 aromatic carbocycles. The van der Waals surface area contributed by atoms with Crippen LogP contribution in [0.1, 0.15) is 17.4 Å². The zero-order valence-corrected chi connectivity index (χ0v) is 9.39. The van der Waals surface area contributed by atoms with Crippen molar-refractivity contribution in [3.8, 4) is 11.4 Å². The van der Waals surface area contributed by atoms with Crippen molar-refractivity contribution in [3.05, 3.63) is 40.4 Å². The molecule has 0 fully saturated rings. The molecule has 0 bridgehead atoms. The van der Waals surface area contributed by atoms with Crippen LogP contribution in [-0.2, 0) is 0 Å². The van der Waals surface area contributed by atoms with Crippen molar-refractivity contribution in [1.82, 2.24) is 5.27 Å². The molecule has 0 aliphatic carbocycles. The van der Waals surface area contributed by atoms with E-state index in [1.54, 1.807) is 24.3 Å². The maximum Gasteiger partial charge on any atom is 0.438 e. The summed E-state index contributed by atoms with van der Waals surface area (Å²) in [4.78, 5) is 22.7. The number of methoxy groups -OCH3 is 1. The molecular weight excluding hydrogens is 224 g/mol. The minimum Gasteiger partial charge on any atom is -0.497 e. The third-order valence-corrected chi connectivity index (χ3v) is 2.29.